The van der Waals surface area contributed by atoms with Gasteiger partial charge in [0.05, 0.1) is 4.88 Å². The summed E-state index contributed by atoms with van der Waals surface area (Å²) in [6.07, 6.45) is 0. The van der Waals surface area contributed by atoms with Crippen molar-refractivity contribution >= 4 is 34.4 Å². The summed E-state index contributed by atoms with van der Waals surface area (Å²) in [5, 5.41) is 2.37. The van der Waals surface area contributed by atoms with Crippen LogP contribution in [0.1, 0.15) is 15.2 Å². The highest BCUT2D eigenvalue weighted by molar-refractivity contribution is 7.12. The van der Waals surface area contributed by atoms with E-state index in [9.17, 15) is 4.79 Å². The predicted octanol–water partition coefficient (Wildman–Crippen LogP) is 3.21. The molecule has 0 saturated carbocycles. The third-order valence-electron chi connectivity index (χ3n) is 2.00. The van der Waals surface area contributed by atoms with Gasteiger partial charge in [-0.3, -0.25) is 4.79 Å². The first-order valence-corrected chi connectivity index (χ1v) is 5.57. The van der Waals surface area contributed by atoms with E-state index in [0.717, 1.165) is 0 Å². The van der Waals surface area contributed by atoms with Crippen molar-refractivity contribution < 1.29 is 4.79 Å². The minimum Gasteiger partial charge on any atom is -0.398 e. The van der Waals surface area contributed by atoms with Crippen LogP contribution in [0.3, 0.4) is 0 Å². The maximum absolute atomic E-state index is 12.0. The Kier molecular flexibility index (Phi) is 2.75. The van der Waals surface area contributed by atoms with Crippen molar-refractivity contribution in [3.63, 3.8) is 0 Å². The van der Waals surface area contributed by atoms with Crippen molar-refractivity contribution in [1.29, 1.82) is 0 Å². The zero-order valence-electron chi connectivity index (χ0n) is 7.74. The van der Waals surface area contributed by atoms with Crippen LogP contribution in [-0.2, 0) is 0 Å². The van der Waals surface area contributed by atoms with Gasteiger partial charge in [-0.05, 0) is 29.6 Å². The van der Waals surface area contributed by atoms with Crippen molar-refractivity contribution in [3.8, 4) is 0 Å². The Morgan fingerprint density at radius 1 is 1.33 bits per heavy atom. The molecule has 0 aliphatic heterocycles. The Morgan fingerprint density at radius 2 is 2.13 bits per heavy atom. The highest BCUT2D eigenvalue weighted by atomic mass is 35.5. The van der Waals surface area contributed by atoms with E-state index in [0.29, 0.717) is 21.2 Å². The summed E-state index contributed by atoms with van der Waals surface area (Å²) in [5.41, 5.74) is 6.64. The average Bonchev–Trinajstić information content (AvgIpc) is 2.74. The van der Waals surface area contributed by atoms with E-state index < -0.39 is 0 Å². The SMILES string of the molecule is Nc1ccc(Cl)cc1C(=O)c1cccs1. The molecule has 0 fully saturated rings. The van der Waals surface area contributed by atoms with Crippen LogP contribution < -0.4 is 5.73 Å². The molecule has 1 heterocycles. The van der Waals surface area contributed by atoms with E-state index in [4.69, 9.17) is 17.3 Å². The molecular formula is C11H8ClNOS. The molecule has 1 aromatic carbocycles. The highest BCUT2D eigenvalue weighted by Crippen LogP contribution is 2.22. The lowest BCUT2D eigenvalue weighted by Gasteiger charge is -2.03. The number of hydrogen-bond donors (Lipinski definition) is 1. The number of ketones is 1. The predicted molar refractivity (Wildman–Crippen MR) is 63.6 cm³/mol. The van der Waals surface area contributed by atoms with Crippen LogP contribution in [0.5, 0.6) is 0 Å². The van der Waals surface area contributed by atoms with Crippen LogP contribution in [0, 0.1) is 0 Å². The largest absolute Gasteiger partial charge is 0.398 e. The molecule has 0 amide bonds. The summed E-state index contributed by atoms with van der Waals surface area (Å²) in [6.45, 7) is 0. The molecule has 0 aliphatic rings. The molecule has 0 bridgehead atoms. The van der Waals surface area contributed by atoms with Crippen LogP contribution in [0.2, 0.25) is 5.02 Å². The third kappa shape index (κ3) is 2.03. The van der Waals surface area contributed by atoms with E-state index in [1.54, 1.807) is 24.3 Å². The molecule has 0 saturated heterocycles. The Hall–Kier alpha value is -1.32. The molecule has 0 atom stereocenters. The fourth-order valence-electron chi connectivity index (χ4n) is 1.27. The number of carbonyl (C=O) groups is 1. The second-order valence-electron chi connectivity index (χ2n) is 3.04. The Morgan fingerprint density at radius 3 is 2.80 bits per heavy atom. The van der Waals surface area contributed by atoms with Gasteiger partial charge in [0.2, 0.25) is 5.78 Å². The van der Waals surface area contributed by atoms with Crippen molar-refractivity contribution in [2.75, 3.05) is 5.73 Å². The van der Waals surface area contributed by atoms with E-state index >= 15 is 0 Å². The van der Waals surface area contributed by atoms with Crippen molar-refractivity contribution in [3.05, 3.63) is 51.2 Å². The van der Waals surface area contributed by atoms with Gasteiger partial charge in [-0.2, -0.15) is 0 Å². The van der Waals surface area contributed by atoms with Gasteiger partial charge in [-0.25, -0.2) is 0 Å². The second-order valence-corrected chi connectivity index (χ2v) is 4.42. The van der Waals surface area contributed by atoms with E-state index in [1.807, 2.05) is 11.4 Å². The van der Waals surface area contributed by atoms with Gasteiger partial charge < -0.3 is 5.73 Å². The highest BCUT2D eigenvalue weighted by Gasteiger charge is 2.13. The lowest BCUT2D eigenvalue weighted by atomic mass is 10.1. The number of carbonyl (C=O) groups excluding carboxylic acids is 1. The monoisotopic (exact) mass is 237 g/mol. The average molecular weight is 238 g/mol. The molecule has 0 radical (unpaired) electrons. The molecule has 2 rings (SSSR count). The van der Waals surface area contributed by atoms with Crippen LogP contribution in [0.25, 0.3) is 0 Å². The number of benzene rings is 1. The minimum atomic E-state index is -0.0787. The smallest absolute Gasteiger partial charge is 0.205 e. The number of rotatable bonds is 2. The first-order chi connectivity index (χ1) is 7.18. The normalized spacial score (nSPS) is 10.2. The number of thiophene rings is 1. The topological polar surface area (TPSA) is 43.1 Å². The van der Waals surface area contributed by atoms with Gasteiger partial charge in [-0.15, -0.1) is 11.3 Å². The van der Waals surface area contributed by atoms with Crippen molar-refractivity contribution in [2.45, 2.75) is 0 Å². The van der Waals surface area contributed by atoms with Gasteiger partial charge in [0, 0.05) is 16.3 Å². The van der Waals surface area contributed by atoms with Crippen molar-refractivity contribution in [1.82, 2.24) is 0 Å². The van der Waals surface area contributed by atoms with Crippen LogP contribution in [-0.4, -0.2) is 5.78 Å². The molecule has 4 heteroatoms. The molecule has 1 aromatic heterocycles. The van der Waals surface area contributed by atoms with Gasteiger partial charge in [0.1, 0.15) is 0 Å². The summed E-state index contributed by atoms with van der Waals surface area (Å²) < 4.78 is 0. The summed E-state index contributed by atoms with van der Waals surface area (Å²) in [5.74, 6) is -0.0787. The zero-order chi connectivity index (χ0) is 10.8. The quantitative estimate of drug-likeness (QED) is 0.644. The Balaban J connectivity index is 2.46. The van der Waals surface area contributed by atoms with Gasteiger partial charge >= 0.3 is 0 Å². The molecular weight excluding hydrogens is 230 g/mol. The molecule has 0 unspecified atom stereocenters. The summed E-state index contributed by atoms with van der Waals surface area (Å²) in [7, 11) is 0. The number of halogens is 1. The minimum absolute atomic E-state index is 0.0787. The summed E-state index contributed by atoms with van der Waals surface area (Å²) in [6, 6.07) is 8.51. The van der Waals surface area contributed by atoms with E-state index in [2.05, 4.69) is 0 Å². The zero-order valence-corrected chi connectivity index (χ0v) is 9.31. The molecule has 0 spiro atoms. The number of anilines is 1. The fraction of sp³-hybridized carbons (Fsp3) is 0. The molecule has 0 aliphatic carbocycles. The number of hydrogen-bond acceptors (Lipinski definition) is 3. The summed E-state index contributed by atoms with van der Waals surface area (Å²) in [4.78, 5) is 12.6. The lowest BCUT2D eigenvalue weighted by molar-refractivity contribution is 0.104. The standard InChI is InChI=1S/C11H8ClNOS/c12-7-3-4-9(13)8(6-7)11(14)10-2-1-5-15-10/h1-6H,13H2. The first kappa shape index (κ1) is 10.2. The van der Waals surface area contributed by atoms with Gasteiger partial charge in [-0.1, -0.05) is 17.7 Å². The second kappa shape index (κ2) is 4.04. The van der Waals surface area contributed by atoms with E-state index in [1.165, 1.54) is 11.3 Å². The maximum atomic E-state index is 12.0. The fourth-order valence-corrected chi connectivity index (χ4v) is 2.12. The molecule has 2 nitrogen and oxygen atoms in total. The Bertz CT molecular complexity index is 493. The molecule has 76 valence electrons. The molecule has 2 aromatic rings. The number of nitrogen functional groups attached to an aromatic ring is 1. The van der Waals surface area contributed by atoms with Gasteiger partial charge in [0.25, 0.3) is 0 Å². The maximum Gasteiger partial charge on any atom is 0.205 e. The first-order valence-electron chi connectivity index (χ1n) is 4.31. The molecule has 15 heavy (non-hydrogen) atoms. The molecule has 2 N–H and O–H groups in total. The van der Waals surface area contributed by atoms with Crippen LogP contribution >= 0.6 is 22.9 Å². The Labute approximate surface area is 96.3 Å². The third-order valence-corrected chi connectivity index (χ3v) is 3.11. The summed E-state index contributed by atoms with van der Waals surface area (Å²) >= 11 is 7.21. The van der Waals surface area contributed by atoms with Crippen LogP contribution in [0.4, 0.5) is 5.69 Å². The van der Waals surface area contributed by atoms with Crippen LogP contribution in [0.15, 0.2) is 35.7 Å². The van der Waals surface area contributed by atoms with E-state index in [-0.39, 0.29) is 5.78 Å². The van der Waals surface area contributed by atoms with Gasteiger partial charge in [0.15, 0.2) is 0 Å². The number of nitrogens with two attached hydrogens (primary N) is 1. The lowest BCUT2D eigenvalue weighted by Crippen LogP contribution is -2.03. The van der Waals surface area contributed by atoms with Crippen molar-refractivity contribution in [2.24, 2.45) is 0 Å².